The van der Waals surface area contributed by atoms with Crippen molar-refractivity contribution >= 4 is 42.7 Å². The van der Waals surface area contributed by atoms with E-state index in [9.17, 15) is 24.0 Å². The maximum Gasteiger partial charge on any atom is 0.407 e. The number of esters is 3. The van der Waals surface area contributed by atoms with E-state index >= 15 is 0 Å². The molecule has 0 bridgehead atoms. The van der Waals surface area contributed by atoms with Crippen molar-refractivity contribution in [1.29, 1.82) is 0 Å². The maximum atomic E-state index is 12.5. The van der Waals surface area contributed by atoms with Gasteiger partial charge in [0.05, 0.1) is 12.8 Å². The van der Waals surface area contributed by atoms with Crippen LogP contribution in [-0.4, -0.2) is 80.0 Å². The molecule has 0 heterocycles. The average Bonchev–Trinajstić information content (AvgIpc) is 2.72. The van der Waals surface area contributed by atoms with E-state index < -0.39 is 59.9 Å². The van der Waals surface area contributed by atoms with E-state index in [2.05, 4.69) is 23.3 Å². The molecular formula is C23H40N2O10S. The number of hydrogen-bond acceptors (Lipinski definition) is 11. The summed E-state index contributed by atoms with van der Waals surface area (Å²) in [4.78, 5) is 60.0. The zero-order chi connectivity index (χ0) is 28.0. The summed E-state index contributed by atoms with van der Waals surface area (Å²) in [5.41, 5.74) is -2.84. The molecule has 0 atom stereocenters. The smallest absolute Gasteiger partial charge is 0.407 e. The molecule has 12 nitrogen and oxygen atoms in total. The number of carbonyl (C=O) groups excluding carboxylic acids is 5. The number of rotatable bonds is 13. The van der Waals surface area contributed by atoms with Gasteiger partial charge in [-0.15, -0.1) is 0 Å². The molecule has 0 aliphatic rings. The van der Waals surface area contributed by atoms with Crippen LogP contribution >= 0.6 is 12.6 Å². The lowest BCUT2D eigenvalue weighted by Crippen LogP contribution is -2.41. The predicted octanol–water partition coefficient (Wildman–Crippen LogP) is 2.38. The summed E-state index contributed by atoms with van der Waals surface area (Å²) < 4.78 is 25.6. The molecule has 0 radical (unpaired) electrons. The number of thiol groups is 1. The first kappa shape index (κ1) is 33.3. The van der Waals surface area contributed by atoms with Gasteiger partial charge in [0.2, 0.25) is 0 Å². The summed E-state index contributed by atoms with van der Waals surface area (Å²) in [6, 6.07) is 0. The van der Waals surface area contributed by atoms with Gasteiger partial charge in [-0.25, -0.2) is 9.59 Å². The number of ether oxygens (including phenoxy) is 5. The topological polar surface area (TPSA) is 156 Å². The van der Waals surface area contributed by atoms with Crippen molar-refractivity contribution < 1.29 is 47.7 Å². The summed E-state index contributed by atoms with van der Waals surface area (Å²) in [5.74, 6) is -1.84. The highest BCUT2D eigenvalue weighted by Crippen LogP contribution is 2.21. The van der Waals surface area contributed by atoms with E-state index in [0.29, 0.717) is 0 Å². The van der Waals surface area contributed by atoms with Crippen LogP contribution in [0.2, 0.25) is 0 Å². The molecule has 0 aromatic heterocycles. The van der Waals surface area contributed by atoms with E-state index in [4.69, 9.17) is 23.7 Å². The molecule has 0 rings (SSSR count). The highest BCUT2D eigenvalue weighted by atomic mass is 32.1. The number of hydrogen-bond donors (Lipinski definition) is 3. The molecule has 0 unspecified atom stereocenters. The van der Waals surface area contributed by atoms with Gasteiger partial charge in [-0.1, -0.05) is 0 Å². The number of carbonyl (C=O) groups is 5. The van der Waals surface area contributed by atoms with Crippen molar-refractivity contribution in [2.45, 2.75) is 72.5 Å². The lowest BCUT2D eigenvalue weighted by Gasteiger charge is -2.26. The van der Waals surface area contributed by atoms with Crippen LogP contribution in [0.25, 0.3) is 0 Å². The highest BCUT2D eigenvalue weighted by molar-refractivity contribution is 7.80. The molecule has 208 valence electrons. The number of alkyl carbamates (subject to hydrolysis) is 2. The molecule has 0 aromatic rings. The van der Waals surface area contributed by atoms with Crippen molar-refractivity contribution in [2.24, 2.45) is 5.41 Å². The molecule has 0 aliphatic heterocycles. The zero-order valence-corrected chi connectivity index (χ0v) is 23.1. The molecule has 36 heavy (non-hydrogen) atoms. The fourth-order valence-corrected chi connectivity index (χ4v) is 2.35. The number of nitrogens with one attached hydrogen (secondary N) is 2. The Balaban J connectivity index is 4.71. The molecule has 13 heteroatoms. The molecule has 0 saturated carbocycles. The van der Waals surface area contributed by atoms with Gasteiger partial charge in [-0.05, 0) is 48.5 Å². The zero-order valence-electron chi connectivity index (χ0n) is 22.2. The van der Waals surface area contributed by atoms with Crippen molar-refractivity contribution in [3.63, 3.8) is 0 Å². The summed E-state index contributed by atoms with van der Waals surface area (Å²) in [7, 11) is 0. The minimum Gasteiger partial charge on any atom is -0.464 e. The Bertz CT molecular complexity index is 709. The first-order valence-corrected chi connectivity index (χ1v) is 12.1. The van der Waals surface area contributed by atoms with E-state index in [0.717, 1.165) is 0 Å². The van der Waals surface area contributed by atoms with Crippen molar-refractivity contribution in [3.8, 4) is 0 Å². The standard InChI is InChI=1S/C23H40N2O10S/c1-21(2,3)34-19(29)24-10-8-16(26)32-14-23(7,18(28)31-12-13-36)15-33-17(27)9-11-25-20(30)35-22(4,5)6/h36H,8-15H2,1-7H3,(H,24,29)(H,25,30). The molecule has 0 fully saturated rings. The Labute approximate surface area is 217 Å². The fourth-order valence-electron chi connectivity index (χ4n) is 2.26. The maximum absolute atomic E-state index is 12.5. The average molecular weight is 537 g/mol. The Morgan fingerprint density at radius 3 is 1.39 bits per heavy atom. The van der Waals surface area contributed by atoms with E-state index in [1.807, 2.05) is 0 Å². The molecule has 0 saturated heterocycles. The summed E-state index contributed by atoms with van der Waals surface area (Å²) in [5, 5.41) is 4.86. The van der Waals surface area contributed by atoms with E-state index in [-0.39, 0.29) is 38.3 Å². The Hall–Kier alpha value is -2.70. The van der Waals surface area contributed by atoms with Gasteiger partial charge in [0.15, 0.2) is 0 Å². The normalized spacial score (nSPS) is 11.7. The Morgan fingerprint density at radius 2 is 1.06 bits per heavy atom. The van der Waals surface area contributed by atoms with Gasteiger partial charge in [0.1, 0.15) is 36.4 Å². The SMILES string of the molecule is CC(C)(C)OC(=O)NCCC(=O)OCC(C)(COC(=O)CCNC(=O)OC(C)(C)C)C(=O)OCCS. The van der Waals surface area contributed by atoms with Crippen LogP contribution in [0.1, 0.15) is 61.3 Å². The Morgan fingerprint density at radius 1 is 0.667 bits per heavy atom. The van der Waals surface area contributed by atoms with Gasteiger partial charge in [-0.2, -0.15) is 12.6 Å². The van der Waals surface area contributed by atoms with Crippen LogP contribution in [0.5, 0.6) is 0 Å². The molecule has 2 N–H and O–H groups in total. The molecular weight excluding hydrogens is 496 g/mol. The predicted molar refractivity (Wildman–Crippen MR) is 133 cm³/mol. The van der Waals surface area contributed by atoms with Gasteiger partial charge in [0, 0.05) is 18.8 Å². The third-order valence-electron chi connectivity index (χ3n) is 3.92. The second-order valence-corrected chi connectivity index (χ2v) is 10.5. The lowest BCUT2D eigenvalue weighted by molar-refractivity contribution is -0.169. The third-order valence-corrected chi connectivity index (χ3v) is 4.10. The van der Waals surface area contributed by atoms with E-state index in [1.165, 1.54) is 6.92 Å². The van der Waals surface area contributed by atoms with Crippen molar-refractivity contribution in [2.75, 3.05) is 38.7 Å². The van der Waals surface area contributed by atoms with Gasteiger partial charge in [-0.3, -0.25) is 14.4 Å². The second-order valence-electron chi connectivity index (χ2n) is 10.1. The summed E-state index contributed by atoms with van der Waals surface area (Å²) >= 11 is 3.98. The Kier molecular flexibility index (Phi) is 14.3. The quantitative estimate of drug-likeness (QED) is 0.181. The first-order chi connectivity index (χ1) is 16.5. The van der Waals surface area contributed by atoms with Crippen LogP contribution < -0.4 is 10.6 Å². The largest absolute Gasteiger partial charge is 0.464 e. The summed E-state index contributed by atoms with van der Waals surface area (Å²) in [6.07, 6.45) is -1.69. The van der Waals surface area contributed by atoms with Crippen LogP contribution in [0.15, 0.2) is 0 Å². The van der Waals surface area contributed by atoms with Crippen molar-refractivity contribution in [1.82, 2.24) is 10.6 Å². The highest BCUT2D eigenvalue weighted by Gasteiger charge is 2.38. The lowest BCUT2D eigenvalue weighted by atomic mass is 9.93. The monoisotopic (exact) mass is 536 g/mol. The van der Waals surface area contributed by atoms with Gasteiger partial charge in [0.25, 0.3) is 0 Å². The number of amides is 2. The van der Waals surface area contributed by atoms with Gasteiger partial charge >= 0.3 is 30.1 Å². The minimum absolute atomic E-state index is 0.0129. The van der Waals surface area contributed by atoms with Gasteiger partial charge < -0.3 is 34.3 Å². The van der Waals surface area contributed by atoms with Crippen LogP contribution in [-0.2, 0) is 38.1 Å². The third kappa shape index (κ3) is 16.8. The minimum atomic E-state index is -1.48. The van der Waals surface area contributed by atoms with Crippen LogP contribution in [0.4, 0.5) is 9.59 Å². The molecule has 0 aromatic carbocycles. The first-order valence-electron chi connectivity index (χ1n) is 11.5. The van der Waals surface area contributed by atoms with Crippen LogP contribution in [0.3, 0.4) is 0 Å². The van der Waals surface area contributed by atoms with Crippen LogP contribution in [0, 0.1) is 5.41 Å². The second kappa shape index (κ2) is 15.4. The summed E-state index contributed by atoms with van der Waals surface area (Å²) in [6.45, 7) is 10.8. The fraction of sp³-hybridized carbons (Fsp3) is 0.783. The molecule has 0 spiro atoms. The molecule has 2 amide bonds. The molecule has 0 aliphatic carbocycles. The van der Waals surface area contributed by atoms with E-state index in [1.54, 1.807) is 41.5 Å². The van der Waals surface area contributed by atoms with Crippen molar-refractivity contribution in [3.05, 3.63) is 0 Å².